The Morgan fingerprint density at radius 3 is 2.06 bits per heavy atom. The lowest BCUT2D eigenvalue weighted by Crippen LogP contribution is -2.13. The molecule has 0 heterocycles. The Bertz CT molecular complexity index is 326. The minimum atomic E-state index is -4.25. The number of hydrogen-bond acceptors (Lipinski definition) is 5. The van der Waals surface area contributed by atoms with E-state index in [1.807, 2.05) is 6.92 Å². The summed E-state index contributed by atoms with van der Waals surface area (Å²) >= 11 is 0. The van der Waals surface area contributed by atoms with Gasteiger partial charge in [-0.05, 0) is 12.3 Å². The molecular weight excluding hydrogens is 272 g/mol. The molecule has 1 atom stereocenters. The van der Waals surface area contributed by atoms with Crippen LogP contribution in [0.4, 0.5) is 0 Å². The molecule has 0 aliphatic heterocycles. The molecule has 17 heavy (non-hydrogen) atoms. The van der Waals surface area contributed by atoms with Gasteiger partial charge in [-0.25, -0.2) is 12.6 Å². The fraction of sp³-hybridized carbons (Fsp3) is 1.00. The van der Waals surface area contributed by atoms with Gasteiger partial charge in [0.15, 0.2) is 0 Å². The zero-order valence-electron chi connectivity index (χ0n) is 9.90. The molecule has 0 spiro atoms. The van der Waals surface area contributed by atoms with Crippen LogP contribution in [0.1, 0.15) is 39.5 Å². The normalized spacial score (nSPS) is 13.0. The second-order valence-corrected chi connectivity index (χ2v) is 4.93. The molecule has 9 heteroatoms. The summed E-state index contributed by atoms with van der Waals surface area (Å²) < 4.78 is 57.4. The number of thiol groups is 1. The summed E-state index contributed by atoms with van der Waals surface area (Å²) in [6, 6.07) is 0. The second-order valence-electron chi connectivity index (χ2n) is 3.37. The van der Waals surface area contributed by atoms with Crippen LogP contribution < -0.4 is 0 Å². The van der Waals surface area contributed by atoms with E-state index >= 15 is 0 Å². The maximum Gasteiger partial charge on any atom is 0.397 e. The van der Waals surface area contributed by atoms with Gasteiger partial charge in [0.25, 0.3) is 11.0 Å². The van der Waals surface area contributed by atoms with E-state index < -0.39 is 21.4 Å². The maximum absolute atomic E-state index is 10.3. The molecule has 0 rings (SSSR count). The summed E-state index contributed by atoms with van der Waals surface area (Å²) in [4.78, 5) is 0. The van der Waals surface area contributed by atoms with Gasteiger partial charge in [0.2, 0.25) is 0 Å². The van der Waals surface area contributed by atoms with Crippen molar-refractivity contribution < 1.29 is 30.1 Å². The average Bonchev–Trinajstić information content (AvgIpc) is 2.16. The topological polar surface area (TPSA) is 118 Å². The highest BCUT2D eigenvalue weighted by atomic mass is 32.3. The van der Waals surface area contributed by atoms with Crippen molar-refractivity contribution in [2.45, 2.75) is 39.5 Å². The van der Waals surface area contributed by atoms with Crippen molar-refractivity contribution in [3.8, 4) is 0 Å². The first-order valence-corrected chi connectivity index (χ1v) is 7.67. The van der Waals surface area contributed by atoms with Gasteiger partial charge in [0.05, 0.1) is 6.61 Å². The van der Waals surface area contributed by atoms with Crippen molar-refractivity contribution in [3.63, 3.8) is 0 Å². The quantitative estimate of drug-likeness (QED) is 0.475. The third kappa shape index (κ3) is 21.6. The number of unbranched alkanes of at least 4 members (excludes halogenated alkanes) is 1. The van der Waals surface area contributed by atoms with Crippen LogP contribution in [0, 0.1) is 5.92 Å². The molecule has 1 unspecified atom stereocenters. The first kappa shape index (κ1) is 19.1. The van der Waals surface area contributed by atoms with Gasteiger partial charge in [-0.2, -0.15) is 8.42 Å². The van der Waals surface area contributed by atoms with Crippen molar-refractivity contribution in [2.75, 3.05) is 6.61 Å². The first-order valence-electron chi connectivity index (χ1n) is 5.18. The van der Waals surface area contributed by atoms with E-state index in [-0.39, 0.29) is 12.5 Å². The van der Waals surface area contributed by atoms with Crippen LogP contribution in [0.2, 0.25) is 0 Å². The molecule has 106 valence electrons. The van der Waals surface area contributed by atoms with Crippen LogP contribution in [0.3, 0.4) is 0 Å². The molecule has 0 fully saturated rings. The first-order chi connectivity index (χ1) is 7.72. The Labute approximate surface area is 104 Å². The Balaban J connectivity index is 0. The van der Waals surface area contributed by atoms with E-state index in [0.717, 1.165) is 25.7 Å². The molecule has 0 saturated carbocycles. The Hall–Kier alpha value is -0.220. The van der Waals surface area contributed by atoms with E-state index in [2.05, 4.69) is 11.1 Å². The molecule has 0 aliphatic carbocycles. The molecule has 0 bridgehead atoms. The van der Waals surface area contributed by atoms with E-state index in [4.69, 9.17) is 17.5 Å². The Kier molecular flexibility index (Phi) is 12.3. The van der Waals surface area contributed by atoms with Crippen molar-refractivity contribution in [1.82, 2.24) is 0 Å². The predicted molar refractivity (Wildman–Crippen MR) is 63.8 cm³/mol. The SMILES string of the molecule is CCCCC(CC)COS(=O)(=O)O.O=[SH](=O)O. The summed E-state index contributed by atoms with van der Waals surface area (Å²) in [7, 11) is -7.37. The molecule has 7 nitrogen and oxygen atoms in total. The van der Waals surface area contributed by atoms with Crippen LogP contribution in [0.5, 0.6) is 0 Å². The zero-order valence-corrected chi connectivity index (χ0v) is 11.6. The highest BCUT2D eigenvalue weighted by Crippen LogP contribution is 2.13. The second kappa shape index (κ2) is 10.9. The van der Waals surface area contributed by atoms with Gasteiger partial charge >= 0.3 is 10.4 Å². The van der Waals surface area contributed by atoms with Crippen LogP contribution in [0.25, 0.3) is 0 Å². The fourth-order valence-corrected chi connectivity index (χ4v) is 1.44. The maximum atomic E-state index is 10.3. The minimum Gasteiger partial charge on any atom is -0.288 e. The van der Waals surface area contributed by atoms with E-state index in [1.165, 1.54) is 0 Å². The third-order valence-corrected chi connectivity index (χ3v) is 2.43. The predicted octanol–water partition coefficient (Wildman–Crippen LogP) is 1.09. The van der Waals surface area contributed by atoms with Crippen molar-refractivity contribution in [1.29, 1.82) is 0 Å². The molecule has 0 aromatic carbocycles. The van der Waals surface area contributed by atoms with Gasteiger partial charge in [-0.15, -0.1) is 0 Å². The fourth-order valence-electron chi connectivity index (χ4n) is 1.08. The van der Waals surface area contributed by atoms with Gasteiger partial charge in [0.1, 0.15) is 0 Å². The molecule has 0 amide bonds. The number of hydrogen-bond donors (Lipinski definition) is 3. The Morgan fingerprint density at radius 2 is 1.76 bits per heavy atom. The molecule has 0 aromatic heterocycles. The van der Waals surface area contributed by atoms with Crippen LogP contribution >= 0.6 is 0 Å². The highest BCUT2D eigenvalue weighted by Gasteiger charge is 2.11. The lowest BCUT2D eigenvalue weighted by Gasteiger charge is -2.12. The molecule has 0 radical (unpaired) electrons. The van der Waals surface area contributed by atoms with Crippen molar-refractivity contribution >= 4 is 21.4 Å². The van der Waals surface area contributed by atoms with Crippen LogP contribution in [-0.4, -0.2) is 32.5 Å². The smallest absolute Gasteiger partial charge is 0.288 e. The third-order valence-electron chi connectivity index (χ3n) is 2.00. The molecule has 0 aliphatic rings. The Morgan fingerprint density at radius 1 is 1.29 bits per heavy atom. The van der Waals surface area contributed by atoms with Gasteiger partial charge in [0, 0.05) is 0 Å². The minimum absolute atomic E-state index is 0.0926. The zero-order chi connectivity index (χ0) is 13.9. The average molecular weight is 292 g/mol. The van der Waals surface area contributed by atoms with E-state index in [0.29, 0.717) is 0 Å². The monoisotopic (exact) mass is 292 g/mol. The standard InChI is InChI=1S/C8H18O4S.H2O3S/c1-3-5-6-8(4-2)7-12-13(9,10)11;1-4(2)3/h8H,3-7H2,1-2H3,(H,9,10,11);4H,(H,1,2,3). The summed E-state index contributed by atoms with van der Waals surface area (Å²) in [5.74, 6) is 0.224. The molecular formula is C8H20O7S2. The molecule has 0 aromatic rings. The van der Waals surface area contributed by atoms with Crippen molar-refractivity contribution in [3.05, 3.63) is 0 Å². The highest BCUT2D eigenvalue weighted by molar-refractivity contribution is 7.80. The molecule has 0 saturated heterocycles. The summed E-state index contributed by atoms with van der Waals surface area (Å²) in [5.41, 5.74) is 0. The van der Waals surface area contributed by atoms with Crippen LogP contribution in [0.15, 0.2) is 0 Å². The largest absolute Gasteiger partial charge is 0.397 e. The number of rotatable bonds is 7. The lowest BCUT2D eigenvalue weighted by atomic mass is 10.0. The van der Waals surface area contributed by atoms with E-state index in [9.17, 15) is 8.42 Å². The van der Waals surface area contributed by atoms with E-state index in [1.54, 1.807) is 0 Å². The van der Waals surface area contributed by atoms with Crippen molar-refractivity contribution in [2.24, 2.45) is 5.92 Å². The molecule has 2 N–H and O–H groups in total. The summed E-state index contributed by atoms with van der Waals surface area (Å²) in [6.07, 6.45) is 3.97. The summed E-state index contributed by atoms with van der Waals surface area (Å²) in [6.45, 7) is 4.15. The van der Waals surface area contributed by atoms with Gasteiger partial charge in [-0.1, -0.05) is 33.1 Å². The van der Waals surface area contributed by atoms with Crippen LogP contribution in [-0.2, 0) is 25.6 Å². The van der Waals surface area contributed by atoms with Gasteiger partial charge in [-0.3, -0.25) is 9.11 Å². The summed E-state index contributed by atoms with van der Waals surface area (Å²) in [5, 5.41) is 0. The lowest BCUT2D eigenvalue weighted by molar-refractivity contribution is 0.211. The van der Waals surface area contributed by atoms with Gasteiger partial charge < -0.3 is 0 Å².